The van der Waals surface area contributed by atoms with E-state index in [4.69, 9.17) is 5.11 Å². The average molecular weight is 278 g/mol. The molecule has 1 heterocycles. The summed E-state index contributed by atoms with van der Waals surface area (Å²) >= 11 is 1.12. The van der Waals surface area contributed by atoms with Crippen molar-refractivity contribution in [3.05, 3.63) is 17.0 Å². The van der Waals surface area contributed by atoms with Crippen LogP contribution in [0.2, 0.25) is 0 Å². The highest BCUT2D eigenvalue weighted by atomic mass is 32.2. The van der Waals surface area contributed by atoms with Gasteiger partial charge in [-0.1, -0.05) is 0 Å². The number of aliphatic hydroxyl groups excluding tert-OH is 1. The number of hydrogen-bond acceptors (Lipinski definition) is 5. The van der Waals surface area contributed by atoms with E-state index in [0.717, 1.165) is 24.3 Å². The highest BCUT2D eigenvalue weighted by molar-refractivity contribution is 7.91. The summed E-state index contributed by atoms with van der Waals surface area (Å²) < 4.78 is 26.4. The quantitative estimate of drug-likeness (QED) is 0.711. The molecule has 1 rings (SSSR count). The summed E-state index contributed by atoms with van der Waals surface area (Å²) in [6.07, 6.45) is 0.768. The monoisotopic (exact) mass is 278 g/mol. The second-order valence-corrected chi connectivity index (χ2v) is 6.89. The number of hydrogen-bond donors (Lipinski definition) is 2. The molecule has 0 aliphatic heterocycles. The smallest absolute Gasteiger partial charge is 0.250 e. The van der Waals surface area contributed by atoms with Crippen molar-refractivity contribution in [1.82, 2.24) is 9.62 Å². The van der Waals surface area contributed by atoms with E-state index in [0.29, 0.717) is 12.1 Å². The Morgan fingerprint density at radius 1 is 1.47 bits per heavy atom. The van der Waals surface area contributed by atoms with Crippen molar-refractivity contribution in [3.63, 3.8) is 0 Å². The normalized spacial score (nSPS) is 12.2. The molecule has 0 aliphatic rings. The van der Waals surface area contributed by atoms with Gasteiger partial charge in [-0.25, -0.2) is 13.1 Å². The minimum atomic E-state index is -3.41. The van der Waals surface area contributed by atoms with Gasteiger partial charge in [-0.15, -0.1) is 11.3 Å². The second kappa shape index (κ2) is 6.46. The Bertz CT molecular complexity index is 440. The van der Waals surface area contributed by atoms with Gasteiger partial charge in [0.1, 0.15) is 4.21 Å². The largest absolute Gasteiger partial charge is 0.392 e. The fourth-order valence-corrected chi connectivity index (χ4v) is 3.57. The van der Waals surface area contributed by atoms with Crippen LogP contribution in [0.15, 0.2) is 15.7 Å². The van der Waals surface area contributed by atoms with Crippen LogP contribution in [0.25, 0.3) is 0 Å². The van der Waals surface area contributed by atoms with E-state index in [-0.39, 0.29) is 10.8 Å². The van der Waals surface area contributed by atoms with Gasteiger partial charge < -0.3 is 10.0 Å². The van der Waals surface area contributed by atoms with Crippen molar-refractivity contribution >= 4 is 21.4 Å². The first-order valence-corrected chi connectivity index (χ1v) is 7.64. The molecule has 0 fully saturated rings. The van der Waals surface area contributed by atoms with E-state index in [1.807, 2.05) is 19.0 Å². The lowest BCUT2D eigenvalue weighted by atomic mass is 10.4. The molecule has 0 atom stereocenters. The topological polar surface area (TPSA) is 69.6 Å². The number of sulfonamides is 1. The summed E-state index contributed by atoms with van der Waals surface area (Å²) in [4.78, 5) is 2.00. The Morgan fingerprint density at radius 3 is 2.71 bits per heavy atom. The van der Waals surface area contributed by atoms with Crippen molar-refractivity contribution in [3.8, 4) is 0 Å². The van der Waals surface area contributed by atoms with Crippen LogP contribution in [0.5, 0.6) is 0 Å². The summed E-state index contributed by atoms with van der Waals surface area (Å²) in [7, 11) is 0.483. The van der Waals surface area contributed by atoms with Crippen molar-refractivity contribution in [2.45, 2.75) is 17.2 Å². The Kier molecular flexibility index (Phi) is 5.54. The third-order valence-electron chi connectivity index (χ3n) is 2.15. The van der Waals surface area contributed by atoms with Gasteiger partial charge in [0.25, 0.3) is 0 Å². The molecule has 1 aromatic rings. The Labute approximate surface area is 106 Å². The van der Waals surface area contributed by atoms with Crippen LogP contribution in [0.4, 0.5) is 0 Å². The maximum absolute atomic E-state index is 11.8. The summed E-state index contributed by atoms with van der Waals surface area (Å²) in [6.45, 7) is 1.13. The molecule has 1 aromatic heterocycles. The van der Waals surface area contributed by atoms with Gasteiger partial charge in [0.15, 0.2) is 0 Å². The van der Waals surface area contributed by atoms with Gasteiger partial charge in [0.05, 0.1) is 6.61 Å². The number of nitrogens with zero attached hydrogens (tertiary/aromatic N) is 1. The van der Waals surface area contributed by atoms with Crippen LogP contribution in [-0.4, -0.2) is 45.6 Å². The van der Waals surface area contributed by atoms with Crippen molar-refractivity contribution < 1.29 is 13.5 Å². The fraction of sp³-hybridized carbons (Fsp3) is 0.600. The molecule has 0 radical (unpaired) electrons. The zero-order chi connectivity index (χ0) is 12.9. The lowest BCUT2D eigenvalue weighted by molar-refractivity contribution is 0.282. The van der Waals surface area contributed by atoms with Crippen molar-refractivity contribution in [2.75, 3.05) is 27.2 Å². The minimum Gasteiger partial charge on any atom is -0.392 e. The van der Waals surface area contributed by atoms with Crippen molar-refractivity contribution in [2.24, 2.45) is 0 Å². The van der Waals surface area contributed by atoms with Crippen LogP contribution in [0.1, 0.15) is 12.0 Å². The van der Waals surface area contributed by atoms with Crippen LogP contribution >= 0.6 is 11.3 Å². The molecule has 98 valence electrons. The van der Waals surface area contributed by atoms with Crippen LogP contribution < -0.4 is 4.72 Å². The molecule has 0 aliphatic carbocycles. The summed E-state index contributed by atoms with van der Waals surface area (Å²) in [6, 6.07) is 1.50. The molecular formula is C10H18N2O3S2. The Morgan fingerprint density at radius 2 is 2.18 bits per heavy atom. The molecule has 0 unspecified atom stereocenters. The lowest BCUT2D eigenvalue weighted by Crippen LogP contribution is -2.26. The molecular weight excluding hydrogens is 260 g/mol. The molecule has 5 nitrogen and oxygen atoms in total. The highest BCUT2D eigenvalue weighted by Gasteiger charge is 2.15. The summed E-state index contributed by atoms with van der Waals surface area (Å²) in [5.41, 5.74) is 0.628. The predicted molar refractivity (Wildman–Crippen MR) is 68.6 cm³/mol. The summed E-state index contributed by atoms with van der Waals surface area (Å²) in [5, 5.41) is 10.5. The molecule has 0 bridgehead atoms. The average Bonchev–Trinajstić information content (AvgIpc) is 2.73. The third kappa shape index (κ3) is 4.72. The van der Waals surface area contributed by atoms with Gasteiger partial charge in [-0.3, -0.25) is 0 Å². The zero-order valence-electron chi connectivity index (χ0n) is 10.0. The summed E-state index contributed by atoms with van der Waals surface area (Å²) in [5.74, 6) is 0. The van der Waals surface area contributed by atoms with E-state index >= 15 is 0 Å². The van der Waals surface area contributed by atoms with Gasteiger partial charge >= 0.3 is 0 Å². The fourth-order valence-electron chi connectivity index (χ4n) is 1.25. The van der Waals surface area contributed by atoms with Crippen LogP contribution in [0, 0.1) is 0 Å². The number of thiophene rings is 1. The molecule has 0 amide bonds. The van der Waals surface area contributed by atoms with Gasteiger partial charge in [-0.05, 0) is 44.1 Å². The molecule has 0 aromatic carbocycles. The lowest BCUT2D eigenvalue weighted by Gasteiger charge is -2.09. The van der Waals surface area contributed by atoms with Crippen LogP contribution in [0.3, 0.4) is 0 Å². The first-order chi connectivity index (χ1) is 7.95. The Hall–Kier alpha value is -0.470. The first-order valence-electron chi connectivity index (χ1n) is 5.28. The molecule has 0 spiro atoms. The maximum atomic E-state index is 11.8. The van der Waals surface area contributed by atoms with E-state index in [9.17, 15) is 8.42 Å². The molecule has 17 heavy (non-hydrogen) atoms. The molecule has 2 N–H and O–H groups in total. The molecule has 0 saturated carbocycles. The van der Waals surface area contributed by atoms with E-state index < -0.39 is 10.0 Å². The van der Waals surface area contributed by atoms with E-state index in [2.05, 4.69) is 4.72 Å². The number of aliphatic hydroxyl groups is 1. The molecule has 0 saturated heterocycles. The minimum absolute atomic E-state index is 0.132. The van der Waals surface area contributed by atoms with Gasteiger partial charge in [-0.2, -0.15) is 0 Å². The van der Waals surface area contributed by atoms with Crippen molar-refractivity contribution in [1.29, 1.82) is 0 Å². The number of rotatable bonds is 7. The van der Waals surface area contributed by atoms with E-state index in [1.165, 1.54) is 6.07 Å². The standard InChI is InChI=1S/C10H18N2O3S2/c1-12(2)5-3-4-11-17(14,15)10-6-9(7-13)8-16-10/h6,8,11,13H,3-5,7H2,1-2H3. The second-order valence-electron chi connectivity index (χ2n) is 3.99. The third-order valence-corrected chi connectivity index (χ3v) is 5.10. The van der Waals surface area contributed by atoms with Gasteiger partial charge in [0, 0.05) is 6.54 Å². The van der Waals surface area contributed by atoms with E-state index in [1.54, 1.807) is 5.38 Å². The first kappa shape index (κ1) is 14.6. The highest BCUT2D eigenvalue weighted by Crippen LogP contribution is 2.19. The Balaban J connectivity index is 2.51. The van der Waals surface area contributed by atoms with Gasteiger partial charge in [0.2, 0.25) is 10.0 Å². The predicted octanol–water partition coefficient (Wildman–Crippen LogP) is 0.470. The zero-order valence-corrected chi connectivity index (χ0v) is 11.6. The van der Waals surface area contributed by atoms with Crippen LogP contribution in [-0.2, 0) is 16.6 Å². The number of nitrogens with one attached hydrogen (secondary N) is 1. The molecule has 7 heteroatoms. The SMILES string of the molecule is CN(C)CCCNS(=O)(=O)c1cc(CO)cs1. The maximum Gasteiger partial charge on any atom is 0.250 e.